The molecule has 1 N–H and O–H groups in total. The van der Waals surface area contributed by atoms with E-state index in [1.807, 2.05) is 14.0 Å². The Morgan fingerprint density at radius 1 is 1.43 bits per heavy atom. The average Bonchev–Trinajstić information content (AvgIpc) is 2.39. The molecule has 2 nitrogen and oxygen atoms in total. The van der Waals surface area contributed by atoms with Crippen molar-refractivity contribution >= 4 is 33.5 Å². The van der Waals surface area contributed by atoms with Crippen LogP contribution in [0.2, 0.25) is 0 Å². The Bertz CT molecular complexity index is 487. The quantitative estimate of drug-likeness (QED) is 0.805. The molecule has 0 amide bonds. The lowest BCUT2D eigenvalue weighted by molar-refractivity contribution is 0.282. The third-order valence-electron chi connectivity index (χ3n) is 2.74. The Hall–Kier alpha value is -0.550. The summed E-state index contributed by atoms with van der Waals surface area (Å²) < 4.78 is 3.33. The van der Waals surface area contributed by atoms with Crippen LogP contribution in [0.1, 0.15) is 11.3 Å². The molecule has 2 rings (SSSR count). The summed E-state index contributed by atoms with van der Waals surface area (Å²) in [6.07, 6.45) is 0. The molecule has 0 spiro atoms. The fourth-order valence-corrected chi connectivity index (χ4v) is 2.31. The largest absolute Gasteiger partial charge is 0.392 e. The van der Waals surface area contributed by atoms with Gasteiger partial charge in [-0.2, -0.15) is 0 Å². The van der Waals surface area contributed by atoms with Crippen molar-refractivity contribution in [2.75, 3.05) is 0 Å². The molecule has 0 bridgehead atoms. The van der Waals surface area contributed by atoms with Crippen molar-refractivity contribution in [2.24, 2.45) is 7.05 Å². The summed E-state index contributed by atoms with van der Waals surface area (Å²) in [6, 6.07) is 6.31. The second-order valence-corrected chi connectivity index (χ2v) is 4.69. The highest BCUT2D eigenvalue weighted by atomic mass is 127. The van der Waals surface area contributed by atoms with Crippen LogP contribution in [-0.4, -0.2) is 9.67 Å². The smallest absolute Gasteiger partial charge is 0.0705 e. The second-order valence-electron chi connectivity index (χ2n) is 3.44. The predicted octanol–water partition coefficient (Wildman–Crippen LogP) is 2.58. The maximum absolute atomic E-state index is 9.30. The number of fused-ring (bicyclic) bond motifs is 1. The van der Waals surface area contributed by atoms with Gasteiger partial charge in [0.15, 0.2) is 0 Å². The SMILES string of the molecule is Cc1c(CO)c2cc(I)ccc2n1C. The maximum Gasteiger partial charge on any atom is 0.0705 e. The van der Waals surface area contributed by atoms with Crippen molar-refractivity contribution < 1.29 is 5.11 Å². The zero-order valence-corrected chi connectivity index (χ0v) is 10.4. The van der Waals surface area contributed by atoms with Gasteiger partial charge < -0.3 is 9.67 Å². The van der Waals surface area contributed by atoms with E-state index in [2.05, 4.69) is 45.4 Å². The first-order valence-electron chi connectivity index (χ1n) is 4.49. The van der Waals surface area contributed by atoms with E-state index in [1.165, 1.54) is 14.5 Å². The average molecular weight is 301 g/mol. The zero-order chi connectivity index (χ0) is 10.3. The number of aliphatic hydroxyl groups excluding tert-OH is 1. The van der Waals surface area contributed by atoms with Crippen LogP contribution in [0.25, 0.3) is 10.9 Å². The highest BCUT2D eigenvalue weighted by molar-refractivity contribution is 14.1. The van der Waals surface area contributed by atoms with Crippen LogP contribution >= 0.6 is 22.6 Å². The molecule has 0 unspecified atom stereocenters. The van der Waals surface area contributed by atoms with Crippen LogP contribution in [0, 0.1) is 10.5 Å². The van der Waals surface area contributed by atoms with Gasteiger partial charge in [-0.1, -0.05) is 0 Å². The van der Waals surface area contributed by atoms with Crippen molar-refractivity contribution in [3.63, 3.8) is 0 Å². The highest BCUT2D eigenvalue weighted by Gasteiger charge is 2.10. The summed E-state index contributed by atoms with van der Waals surface area (Å²) in [7, 11) is 2.03. The molecule has 0 fully saturated rings. The molecule has 0 atom stereocenters. The fraction of sp³-hybridized carbons (Fsp3) is 0.273. The summed E-state index contributed by atoms with van der Waals surface area (Å²) in [5.41, 5.74) is 3.37. The van der Waals surface area contributed by atoms with E-state index in [9.17, 15) is 5.11 Å². The molecule has 0 saturated heterocycles. The van der Waals surface area contributed by atoms with Gasteiger partial charge in [0, 0.05) is 32.8 Å². The molecule has 0 radical (unpaired) electrons. The number of benzene rings is 1. The van der Waals surface area contributed by atoms with Crippen LogP contribution in [0.3, 0.4) is 0 Å². The number of hydrogen-bond donors (Lipinski definition) is 1. The van der Waals surface area contributed by atoms with E-state index >= 15 is 0 Å². The van der Waals surface area contributed by atoms with Crippen molar-refractivity contribution in [3.8, 4) is 0 Å². The van der Waals surface area contributed by atoms with Crippen LogP contribution < -0.4 is 0 Å². The summed E-state index contributed by atoms with van der Waals surface area (Å²) >= 11 is 2.29. The molecule has 1 aromatic heterocycles. The molecule has 3 heteroatoms. The van der Waals surface area contributed by atoms with Gasteiger partial charge >= 0.3 is 0 Å². The molecule has 74 valence electrons. The standard InChI is InChI=1S/C11H12INO/c1-7-10(6-14)9-5-8(12)3-4-11(9)13(7)2/h3-5,14H,6H2,1-2H3. The van der Waals surface area contributed by atoms with Crippen LogP contribution in [0.5, 0.6) is 0 Å². The molecule has 1 heterocycles. The maximum atomic E-state index is 9.30. The monoisotopic (exact) mass is 301 g/mol. The molecular formula is C11H12INO. The van der Waals surface area contributed by atoms with Gasteiger partial charge in [0.1, 0.15) is 0 Å². The van der Waals surface area contributed by atoms with Gasteiger partial charge in [-0.3, -0.25) is 0 Å². The number of aliphatic hydroxyl groups is 1. The molecule has 1 aromatic carbocycles. The summed E-state index contributed by atoms with van der Waals surface area (Å²) in [5.74, 6) is 0. The van der Waals surface area contributed by atoms with Crippen LogP contribution in [0.4, 0.5) is 0 Å². The molecule has 0 aliphatic rings. The molecule has 14 heavy (non-hydrogen) atoms. The molecule has 0 aliphatic heterocycles. The van der Waals surface area contributed by atoms with Crippen molar-refractivity contribution in [2.45, 2.75) is 13.5 Å². The third kappa shape index (κ3) is 1.35. The number of aryl methyl sites for hydroxylation is 1. The van der Waals surface area contributed by atoms with E-state index in [1.54, 1.807) is 0 Å². The minimum atomic E-state index is 0.114. The minimum Gasteiger partial charge on any atom is -0.392 e. The van der Waals surface area contributed by atoms with E-state index < -0.39 is 0 Å². The van der Waals surface area contributed by atoms with Crippen LogP contribution in [-0.2, 0) is 13.7 Å². The van der Waals surface area contributed by atoms with E-state index in [0.29, 0.717) is 0 Å². The Kier molecular flexibility index (Phi) is 2.53. The van der Waals surface area contributed by atoms with Crippen molar-refractivity contribution in [1.82, 2.24) is 4.57 Å². The minimum absolute atomic E-state index is 0.114. The number of rotatable bonds is 1. The number of halogens is 1. The number of nitrogens with zero attached hydrogens (tertiary/aromatic N) is 1. The predicted molar refractivity (Wildman–Crippen MR) is 66.3 cm³/mol. The van der Waals surface area contributed by atoms with Gasteiger partial charge in [-0.15, -0.1) is 0 Å². The first kappa shape index (κ1) is 9.98. The Balaban J connectivity index is 2.89. The molecule has 0 saturated carbocycles. The lowest BCUT2D eigenvalue weighted by Gasteiger charge is -1.97. The molecular weight excluding hydrogens is 289 g/mol. The first-order chi connectivity index (χ1) is 6.65. The van der Waals surface area contributed by atoms with Gasteiger partial charge in [0.25, 0.3) is 0 Å². The fourth-order valence-electron chi connectivity index (χ4n) is 1.82. The molecule has 0 aliphatic carbocycles. The summed E-state index contributed by atoms with van der Waals surface area (Å²) in [4.78, 5) is 0. The van der Waals surface area contributed by atoms with Crippen molar-refractivity contribution in [1.29, 1.82) is 0 Å². The first-order valence-corrected chi connectivity index (χ1v) is 5.57. The highest BCUT2D eigenvalue weighted by Crippen LogP contribution is 2.26. The third-order valence-corrected chi connectivity index (χ3v) is 3.41. The number of aromatic nitrogens is 1. The lowest BCUT2D eigenvalue weighted by Crippen LogP contribution is -1.91. The lowest BCUT2D eigenvalue weighted by atomic mass is 10.1. The Labute approximate surface area is 96.7 Å². The Morgan fingerprint density at radius 3 is 2.79 bits per heavy atom. The van der Waals surface area contributed by atoms with E-state index in [-0.39, 0.29) is 6.61 Å². The second kappa shape index (κ2) is 3.55. The number of hydrogen-bond acceptors (Lipinski definition) is 1. The van der Waals surface area contributed by atoms with Gasteiger partial charge in [-0.25, -0.2) is 0 Å². The zero-order valence-electron chi connectivity index (χ0n) is 8.21. The summed E-state index contributed by atoms with van der Waals surface area (Å²) in [6.45, 7) is 2.15. The Morgan fingerprint density at radius 2 is 2.14 bits per heavy atom. The molecule has 2 aromatic rings. The normalized spacial score (nSPS) is 11.1. The summed E-state index contributed by atoms with van der Waals surface area (Å²) in [5, 5.41) is 10.5. The van der Waals surface area contributed by atoms with Gasteiger partial charge in [-0.05, 0) is 47.7 Å². The van der Waals surface area contributed by atoms with Gasteiger partial charge in [0.05, 0.1) is 6.61 Å². The van der Waals surface area contributed by atoms with Gasteiger partial charge in [0.2, 0.25) is 0 Å². The van der Waals surface area contributed by atoms with Crippen molar-refractivity contribution in [3.05, 3.63) is 33.0 Å². The van der Waals surface area contributed by atoms with E-state index in [4.69, 9.17) is 0 Å². The van der Waals surface area contributed by atoms with Crippen LogP contribution in [0.15, 0.2) is 18.2 Å². The van der Waals surface area contributed by atoms with E-state index in [0.717, 1.165) is 11.3 Å². The topological polar surface area (TPSA) is 25.2 Å².